The van der Waals surface area contributed by atoms with Gasteiger partial charge in [0.15, 0.2) is 0 Å². The summed E-state index contributed by atoms with van der Waals surface area (Å²) >= 11 is 1.14. The first kappa shape index (κ1) is 22.0. The molecule has 0 atom stereocenters. The van der Waals surface area contributed by atoms with Gasteiger partial charge in [-0.25, -0.2) is 0 Å². The molecule has 9 nitrogen and oxygen atoms in total. The van der Waals surface area contributed by atoms with Crippen molar-refractivity contribution >= 4 is 29.0 Å². The van der Waals surface area contributed by atoms with E-state index in [0.717, 1.165) is 34.2 Å². The molecule has 0 aliphatic carbocycles. The molecule has 1 amide bonds. The minimum absolute atomic E-state index is 0.0394. The molecule has 33 heavy (non-hydrogen) atoms. The highest BCUT2D eigenvalue weighted by Crippen LogP contribution is 2.26. The fourth-order valence-corrected chi connectivity index (χ4v) is 3.53. The Labute approximate surface area is 193 Å². The molecule has 166 valence electrons. The van der Waals surface area contributed by atoms with Gasteiger partial charge in [-0.3, -0.25) is 14.9 Å². The van der Waals surface area contributed by atoms with Gasteiger partial charge in [0.25, 0.3) is 10.9 Å². The van der Waals surface area contributed by atoms with Crippen molar-refractivity contribution in [1.82, 2.24) is 10.2 Å². The normalized spacial score (nSPS) is 10.6. The highest BCUT2D eigenvalue weighted by atomic mass is 32.2. The van der Waals surface area contributed by atoms with E-state index in [4.69, 9.17) is 9.15 Å². The fraction of sp³-hybridized carbons (Fsp3) is 0.0870. The lowest BCUT2D eigenvalue weighted by Crippen LogP contribution is -2.13. The molecule has 0 unspecified atom stereocenters. The molecule has 0 saturated heterocycles. The van der Waals surface area contributed by atoms with Crippen molar-refractivity contribution in [2.75, 3.05) is 18.2 Å². The highest BCUT2D eigenvalue weighted by Gasteiger charge is 2.12. The Morgan fingerprint density at radius 2 is 1.58 bits per heavy atom. The quantitative estimate of drug-likeness (QED) is 0.219. The number of rotatable bonds is 8. The van der Waals surface area contributed by atoms with Crippen molar-refractivity contribution < 1.29 is 18.9 Å². The molecule has 4 rings (SSSR count). The molecule has 0 spiro atoms. The first-order valence-corrected chi connectivity index (χ1v) is 10.8. The SMILES string of the molecule is COc1ccc(-c2nnc(SCC(=O)Nc3ccc(-c4ccc([N+](=O)[O-])cc4)cc3)o2)cc1. The number of nitro benzene ring substituents is 1. The average molecular weight is 462 g/mol. The van der Waals surface area contributed by atoms with Crippen molar-refractivity contribution in [2.45, 2.75) is 5.22 Å². The van der Waals surface area contributed by atoms with Crippen LogP contribution < -0.4 is 10.1 Å². The lowest BCUT2D eigenvalue weighted by Gasteiger charge is -2.06. The van der Waals surface area contributed by atoms with Crippen LogP contribution in [0.1, 0.15) is 0 Å². The van der Waals surface area contributed by atoms with Crippen molar-refractivity contribution in [1.29, 1.82) is 0 Å². The minimum atomic E-state index is -0.436. The zero-order valence-corrected chi connectivity index (χ0v) is 18.2. The van der Waals surface area contributed by atoms with Crippen molar-refractivity contribution in [3.05, 3.63) is 82.9 Å². The molecule has 0 aliphatic heterocycles. The van der Waals surface area contributed by atoms with Crippen molar-refractivity contribution in [3.63, 3.8) is 0 Å². The maximum atomic E-state index is 12.3. The molecule has 1 N–H and O–H groups in total. The molecule has 0 saturated carbocycles. The zero-order valence-electron chi connectivity index (χ0n) is 17.4. The summed E-state index contributed by atoms with van der Waals surface area (Å²) in [6, 6.07) is 20.7. The van der Waals surface area contributed by atoms with Gasteiger partial charge < -0.3 is 14.5 Å². The molecular formula is C23H18N4O5S. The van der Waals surface area contributed by atoms with Gasteiger partial charge in [0.05, 0.1) is 17.8 Å². The van der Waals surface area contributed by atoms with Gasteiger partial charge in [0.2, 0.25) is 11.8 Å². The molecule has 1 heterocycles. The number of thioether (sulfide) groups is 1. The third-order valence-electron chi connectivity index (χ3n) is 4.65. The Balaban J connectivity index is 1.31. The van der Waals surface area contributed by atoms with E-state index < -0.39 is 4.92 Å². The van der Waals surface area contributed by atoms with Gasteiger partial charge in [-0.1, -0.05) is 23.9 Å². The summed E-state index contributed by atoms with van der Waals surface area (Å²) in [5, 5.41) is 21.9. The van der Waals surface area contributed by atoms with Crippen molar-refractivity contribution in [2.24, 2.45) is 0 Å². The molecule has 0 bridgehead atoms. The second-order valence-electron chi connectivity index (χ2n) is 6.82. The lowest BCUT2D eigenvalue weighted by molar-refractivity contribution is -0.384. The number of nitro groups is 1. The number of nitrogens with one attached hydrogen (secondary N) is 1. The van der Waals surface area contributed by atoms with E-state index in [1.165, 1.54) is 12.1 Å². The molecule has 4 aromatic rings. The van der Waals surface area contributed by atoms with Gasteiger partial charge >= 0.3 is 0 Å². The first-order valence-electron chi connectivity index (χ1n) is 9.77. The van der Waals surface area contributed by atoms with E-state index in [9.17, 15) is 14.9 Å². The maximum Gasteiger partial charge on any atom is 0.277 e. The molecule has 0 aliphatic rings. The average Bonchev–Trinajstić information content (AvgIpc) is 3.32. The van der Waals surface area contributed by atoms with Gasteiger partial charge in [-0.15, -0.1) is 10.2 Å². The van der Waals surface area contributed by atoms with Gasteiger partial charge in [-0.2, -0.15) is 0 Å². The standard InChI is InChI=1S/C23H18N4O5S/c1-31-20-12-6-17(7-13-20)22-25-26-23(32-22)33-14-21(28)24-18-8-2-15(3-9-18)16-4-10-19(11-5-16)27(29)30/h2-13H,14H2,1H3,(H,24,28). The molecule has 1 aromatic heterocycles. The smallest absolute Gasteiger partial charge is 0.277 e. The summed E-state index contributed by atoms with van der Waals surface area (Å²) in [5.41, 5.74) is 3.16. The van der Waals surface area contributed by atoms with Crippen LogP contribution >= 0.6 is 11.8 Å². The van der Waals surface area contributed by atoms with Crippen LogP contribution in [0.2, 0.25) is 0 Å². The summed E-state index contributed by atoms with van der Waals surface area (Å²) in [6.07, 6.45) is 0. The number of benzene rings is 3. The van der Waals surface area contributed by atoms with Crippen LogP contribution in [0.3, 0.4) is 0 Å². The van der Waals surface area contributed by atoms with E-state index in [2.05, 4.69) is 15.5 Å². The topological polar surface area (TPSA) is 120 Å². The third-order valence-corrected chi connectivity index (χ3v) is 5.47. The number of nitrogens with zero attached hydrogens (tertiary/aromatic N) is 3. The van der Waals surface area contributed by atoms with Gasteiger partial charge in [0, 0.05) is 23.4 Å². The van der Waals surface area contributed by atoms with Crippen LogP contribution in [0, 0.1) is 10.1 Å². The third kappa shape index (κ3) is 5.55. The predicted octanol–water partition coefficient (Wildman–Crippen LogP) is 5.05. The summed E-state index contributed by atoms with van der Waals surface area (Å²) < 4.78 is 10.7. The number of non-ortho nitro benzene ring substituents is 1. The largest absolute Gasteiger partial charge is 0.497 e. The molecular weight excluding hydrogens is 444 g/mol. The monoisotopic (exact) mass is 462 g/mol. The highest BCUT2D eigenvalue weighted by molar-refractivity contribution is 7.99. The van der Waals surface area contributed by atoms with Crippen LogP contribution in [0.5, 0.6) is 5.75 Å². The first-order chi connectivity index (χ1) is 16.0. The number of ether oxygens (including phenoxy) is 1. The summed E-state index contributed by atoms with van der Waals surface area (Å²) in [4.78, 5) is 22.6. The molecule has 10 heteroatoms. The summed E-state index contributed by atoms with van der Waals surface area (Å²) in [6.45, 7) is 0. The van der Waals surface area contributed by atoms with Crippen molar-refractivity contribution in [3.8, 4) is 28.3 Å². The zero-order chi connectivity index (χ0) is 23.2. The Bertz CT molecular complexity index is 1260. The number of hydrogen-bond acceptors (Lipinski definition) is 8. The van der Waals surface area contributed by atoms with Gasteiger partial charge in [-0.05, 0) is 59.7 Å². The second-order valence-corrected chi connectivity index (χ2v) is 7.75. The van der Waals surface area contributed by atoms with E-state index in [1.54, 1.807) is 43.5 Å². The summed E-state index contributed by atoms with van der Waals surface area (Å²) in [5.74, 6) is 0.980. The predicted molar refractivity (Wildman–Crippen MR) is 124 cm³/mol. The molecule has 0 fully saturated rings. The lowest BCUT2D eigenvalue weighted by atomic mass is 10.1. The molecule has 0 radical (unpaired) electrons. The van der Waals surface area contributed by atoms with Crippen LogP contribution in [0.4, 0.5) is 11.4 Å². The number of aromatic nitrogens is 2. The number of methoxy groups -OCH3 is 1. The van der Waals surface area contributed by atoms with Crippen LogP contribution in [-0.2, 0) is 4.79 Å². The number of carbonyl (C=O) groups excluding carboxylic acids is 1. The van der Waals surface area contributed by atoms with Crippen LogP contribution in [-0.4, -0.2) is 33.9 Å². The van der Waals surface area contributed by atoms with E-state index in [1.807, 2.05) is 24.3 Å². The van der Waals surface area contributed by atoms with E-state index >= 15 is 0 Å². The number of anilines is 1. The maximum absolute atomic E-state index is 12.3. The summed E-state index contributed by atoms with van der Waals surface area (Å²) in [7, 11) is 1.59. The Hall–Kier alpha value is -4.18. The Kier molecular flexibility index (Phi) is 6.65. The Morgan fingerprint density at radius 1 is 0.970 bits per heavy atom. The van der Waals surface area contributed by atoms with E-state index in [0.29, 0.717) is 16.8 Å². The van der Waals surface area contributed by atoms with E-state index in [-0.39, 0.29) is 17.3 Å². The fourth-order valence-electron chi connectivity index (χ4n) is 2.96. The second kappa shape index (κ2) is 9.96. The molecule has 3 aromatic carbocycles. The van der Waals surface area contributed by atoms with Crippen LogP contribution in [0.15, 0.2) is 82.4 Å². The van der Waals surface area contributed by atoms with Gasteiger partial charge in [0.1, 0.15) is 5.75 Å². The number of hydrogen-bond donors (Lipinski definition) is 1. The number of amides is 1. The minimum Gasteiger partial charge on any atom is -0.497 e. The number of carbonyl (C=O) groups is 1. The Morgan fingerprint density at radius 3 is 2.18 bits per heavy atom. The van der Waals surface area contributed by atoms with Crippen LogP contribution in [0.25, 0.3) is 22.6 Å².